The van der Waals surface area contributed by atoms with Gasteiger partial charge in [-0.15, -0.1) is 11.3 Å². The fraction of sp³-hybridized carbons (Fsp3) is 0.214. The van der Waals surface area contributed by atoms with E-state index < -0.39 is 0 Å². The van der Waals surface area contributed by atoms with Gasteiger partial charge in [-0.25, -0.2) is 4.79 Å². The van der Waals surface area contributed by atoms with E-state index in [2.05, 4.69) is 0 Å². The molecule has 0 unspecified atom stereocenters. The van der Waals surface area contributed by atoms with Crippen molar-refractivity contribution in [1.82, 2.24) is 0 Å². The molecular formula is C14H15NO2S. The molecule has 2 N–H and O–H groups in total. The zero-order valence-corrected chi connectivity index (χ0v) is 11.0. The third-order valence-corrected chi connectivity index (χ3v) is 3.60. The summed E-state index contributed by atoms with van der Waals surface area (Å²) in [5.41, 5.74) is 7.83. The van der Waals surface area contributed by atoms with Crippen molar-refractivity contribution in [3.05, 3.63) is 51.7 Å². The van der Waals surface area contributed by atoms with Gasteiger partial charge in [-0.2, -0.15) is 0 Å². The zero-order valence-electron chi connectivity index (χ0n) is 10.2. The maximum atomic E-state index is 11.8. The van der Waals surface area contributed by atoms with Gasteiger partial charge in [0, 0.05) is 17.0 Å². The Morgan fingerprint density at radius 3 is 2.89 bits per heavy atom. The maximum Gasteiger partial charge on any atom is 0.338 e. The van der Waals surface area contributed by atoms with Crippen LogP contribution in [0, 0.1) is 6.92 Å². The summed E-state index contributed by atoms with van der Waals surface area (Å²) in [6, 6.07) is 9.20. The Hall–Kier alpha value is -1.81. The Bertz CT molecular complexity index is 535. The molecular weight excluding hydrogens is 246 g/mol. The standard InChI is InChI=1S/C14H15NO2S/c1-10-9-11(4-5-13(10)15)14(16)17-7-6-12-3-2-8-18-12/h2-5,8-9H,6-7,15H2,1H3. The van der Waals surface area contributed by atoms with Crippen LogP contribution in [0.5, 0.6) is 0 Å². The molecule has 0 radical (unpaired) electrons. The largest absolute Gasteiger partial charge is 0.462 e. The average Bonchev–Trinajstić information content (AvgIpc) is 2.85. The smallest absolute Gasteiger partial charge is 0.338 e. The fourth-order valence-corrected chi connectivity index (χ4v) is 2.28. The zero-order chi connectivity index (χ0) is 13.0. The van der Waals surface area contributed by atoms with Crippen molar-refractivity contribution >= 4 is 23.0 Å². The molecule has 0 aliphatic rings. The van der Waals surface area contributed by atoms with Crippen molar-refractivity contribution in [3.8, 4) is 0 Å². The number of aryl methyl sites for hydroxylation is 1. The Morgan fingerprint density at radius 1 is 1.39 bits per heavy atom. The molecule has 0 saturated heterocycles. The average molecular weight is 261 g/mol. The molecule has 0 saturated carbocycles. The van der Waals surface area contributed by atoms with E-state index in [9.17, 15) is 4.79 Å². The van der Waals surface area contributed by atoms with Crippen LogP contribution in [0.1, 0.15) is 20.8 Å². The summed E-state index contributed by atoms with van der Waals surface area (Å²) in [5, 5.41) is 2.01. The minimum absolute atomic E-state index is 0.297. The third kappa shape index (κ3) is 3.11. The van der Waals surface area contributed by atoms with E-state index in [-0.39, 0.29) is 5.97 Å². The van der Waals surface area contributed by atoms with E-state index in [0.717, 1.165) is 12.0 Å². The minimum atomic E-state index is -0.297. The normalized spacial score (nSPS) is 10.3. The van der Waals surface area contributed by atoms with Gasteiger partial charge in [0.05, 0.1) is 12.2 Å². The summed E-state index contributed by atoms with van der Waals surface area (Å²) in [6.07, 6.45) is 0.761. The van der Waals surface area contributed by atoms with Gasteiger partial charge in [0.2, 0.25) is 0 Å². The van der Waals surface area contributed by atoms with Gasteiger partial charge in [0.15, 0.2) is 0 Å². The minimum Gasteiger partial charge on any atom is -0.462 e. The van der Waals surface area contributed by atoms with Crippen LogP contribution in [0.4, 0.5) is 5.69 Å². The van der Waals surface area contributed by atoms with Crippen LogP contribution in [-0.2, 0) is 11.2 Å². The Kier molecular flexibility index (Phi) is 3.99. The molecule has 1 aromatic carbocycles. The summed E-state index contributed by atoms with van der Waals surface area (Å²) in [6.45, 7) is 2.28. The quantitative estimate of drug-likeness (QED) is 0.680. The van der Waals surface area contributed by atoms with Crippen LogP contribution in [0.3, 0.4) is 0 Å². The van der Waals surface area contributed by atoms with Crippen molar-refractivity contribution < 1.29 is 9.53 Å². The van der Waals surface area contributed by atoms with Crippen molar-refractivity contribution in [3.63, 3.8) is 0 Å². The molecule has 18 heavy (non-hydrogen) atoms. The summed E-state index contributed by atoms with van der Waals surface area (Å²) in [4.78, 5) is 13.0. The molecule has 0 spiro atoms. The Balaban J connectivity index is 1.89. The maximum absolute atomic E-state index is 11.8. The lowest BCUT2D eigenvalue weighted by Gasteiger charge is -2.06. The predicted molar refractivity (Wildman–Crippen MR) is 73.9 cm³/mol. The highest BCUT2D eigenvalue weighted by molar-refractivity contribution is 7.09. The van der Waals surface area contributed by atoms with Gasteiger partial charge in [-0.1, -0.05) is 6.07 Å². The second kappa shape index (κ2) is 5.69. The van der Waals surface area contributed by atoms with Crippen LogP contribution in [0.2, 0.25) is 0 Å². The van der Waals surface area contributed by atoms with Crippen LogP contribution in [-0.4, -0.2) is 12.6 Å². The number of thiophene rings is 1. The summed E-state index contributed by atoms with van der Waals surface area (Å²) in [7, 11) is 0. The van der Waals surface area contributed by atoms with Gasteiger partial charge in [-0.05, 0) is 42.1 Å². The number of nitrogens with two attached hydrogens (primary N) is 1. The lowest BCUT2D eigenvalue weighted by atomic mass is 10.1. The summed E-state index contributed by atoms with van der Waals surface area (Å²) < 4.78 is 5.22. The molecule has 1 aromatic heterocycles. The molecule has 2 rings (SSSR count). The number of benzene rings is 1. The van der Waals surface area contributed by atoms with Crippen molar-refractivity contribution in [2.75, 3.05) is 12.3 Å². The van der Waals surface area contributed by atoms with E-state index in [0.29, 0.717) is 17.9 Å². The van der Waals surface area contributed by atoms with Crippen LogP contribution in [0.25, 0.3) is 0 Å². The number of hydrogen-bond acceptors (Lipinski definition) is 4. The third-order valence-electron chi connectivity index (χ3n) is 2.67. The molecule has 0 fully saturated rings. The molecule has 3 nitrogen and oxygen atoms in total. The fourth-order valence-electron chi connectivity index (χ4n) is 1.59. The Morgan fingerprint density at radius 2 is 2.22 bits per heavy atom. The molecule has 1 heterocycles. The lowest BCUT2D eigenvalue weighted by Crippen LogP contribution is -2.08. The number of rotatable bonds is 4. The van der Waals surface area contributed by atoms with Gasteiger partial charge in [-0.3, -0.25) is 0 Å². The number of ether oxygens (including phenoxy) is 1. The SMILES string of the molecule is Cc1cc(C(=O)OCCc2cccs2)ccc1N. The van der Waals surface area contributed by atoms with Crippen molar-refractivity contribution in [1.29, 1.82) is 0 Å². The van der Waals surface area contributed by atoms with E-state index in [4.69, 9.17) is 10.5 Å². The van der Waals surface area contributed by atoms with Crippen LogP contribution < -0.4 is 5.73 Å². The highest BCUT2D eigenvalue weighted by Crippen LogP contribution is 2.14. The Labute approximate surface area is 110 Å². The number of hydrogen-bond donors (Lipinski definition) is 1. The molecule has 2 aromatic rings. The van der Waals surface area contributed by atoms with Gasteiger partial charge in [0.25, 0.3) is 0 Å². The first-order valence-electron chi connectivity index (χ1n) is 5.72. The summed E-state index contributed by atoms with van der Waals surface area (Å²) >= 11 is 1.67. The second-order valence-corrected chi connectivity index (χ2v) is 5.07. The molecule has 0 bridgehead atoms. The first kappa shape index (κ1) is 12.6. The monoisotopic (exact) mass is 261 g/mol. The molecule has 0 amide bonds. The van der Waals surface area contributed by atoms with Gasteiger partial charge in [0.1, 0.15) is 0 Å². The van der Waals surface area contributed by atoms with Crippen molar-refractivity contribution in [2.24, 2.45) is 0 Å². The molecule has 94 valence electrons. The van der Waals surface area contributed by atoms with Crippen molar-refractivity contribution in [2.45, 2.75) is 13.3 Å². The van der Waals surface area contributed by atoms with E-state index in [1.165, 1.54) is 4.88 Å². The number of carbonyl (C=O) groups excluding carboxylic acids is 1. The number of nitrogen functional groups attached to an aromatic ring is 1. The van der Waals surface area contributed by atoms with Gasteiger partial charge >= 0.3 is 5.97 Å². The number of carbonyl (C=O) groups is 1. The second-order valence-electron chi connectivity index (χ2n) is 4.04. The summed E-state index contributed by atoms with van der Waals surface area (Å²) in [5.74, 6) is -0.297. The van der Waals surface area contributed by atoms with E-state index >= 15 is 0 Å². The van der Waals surface area contributed by atoms with Gasteiger partial charge < -0.3 is 10.5 Å². The molecule has 0 aliphatic carbocycles. The van der Waals surface area contributed by atoms with Crippen LogP contribution in [0.15, 0.2) is 35.7 Å². The van der Waals surface area contributed by atoms with E-state index in [1.54, 1.807) is 29.5 Å². The first-order chi connectivity index (χ1) is 8.66. The number of esters is 1. The highest BCUT2D eigenvalue weighted by Gasteiger charge is 2.08. The van der Waals surface area contributed by atoms with E-state index in [1.807, 2.05) is 24.4 Å². The lowest BCUT2D eigenvalue weighted by molar-refractivity contribution is 0.0510. The highest BCUT2D eigenvalue weighted by atomic mass is 32.1. The number of anilines is 1. The van der Waals surface area contributed by atoms with Crippen LogP contribution >= 0.6 is 11.3 Å². The molecule has 0 atom stereocenters. The first-order valence-corrected chi connectivity index (χ1v) is 6.60. The molecule has 0 aliphatic heterocycles. The molecule has 4 heteroatoms. The topological polar surface area (TPSA) is 52.3 Å². The predicted octanol–water partition coefficient (Wildman–Crippen LogP) is 3.04.